The van der Waals surface area contributed by atoms with Crippen LogP contribution in [-0.4, -0.2) is 79.0 Å². The molecule has 0 spiro atoms. The molecule has 0 saturated heterocycles. The first kappa shape index (κ1) is 34.0. The summed E-state index contributed by atoms with van der Waals surface area (Å²) in [6, 6.07) is 8.22. The molecule has 0 unspecified atom stereocenters. The number of ether oxygens (including phenoxy) is 2. The van der Waals surface area contributed by atoms with Crippen molar-refractivity contribution >= 4 is 35.3 Å². The average Bonchev–Trinajstić information content (AvgIpc) is 3.33. The van der Waals surface area contributed by atoms with E-state index in [1.165, 1.54) is 26.4 Å². The smallest absolute Gasteiger partial charge is 0.328 e. The summed E-state index contributed by atoms with van der Waals surface area (Å²) >= 11 is 6.09. The van der Waals surface area contributed by atoms with E-state index < -0.39 is 53.3 Å². The van der Waals surface area contributed by atoms with Crippen LogP contribution in [0.2, 0.25) is 5.15 Å². The molecule has 3 atom stereocenters. The van der Waals surface area contributed by atoms with Gasteiger partial charge in [-0.2, -0.15) is 4.73 Å². The number of hydrogen-bond acceptors (Lipinski definition) is 9. The third-order valence-electron chi connectivity index (χ3n) is 6.11. The molecule has 2 aromatic rings. The Hall–Kier alpha value is -4.17. The highest BCUT2D eigenvalue weighted by Gasteiger charge is 2.32. The quantitative estimate of drug-likeness (QED) is 0.103. The number of benzene rings is 1. The fourth-order valence-electron chi connectivity index (χ4n) is 3.94. The molecular formula is C27H36ClN5O9. The molecular weight excluding hydrogens is 574 g/mol. The number of aromatic nitrogens is 1. The van der Waals surface area contributed by atoms with Crippen molar-refractivity contribution in [1.29, 1.82) is 0 Å². The molecule has 0 fully saturated rings. The van der Waals surface area contributed by atoms with Crippen LogP contribution in [0, 0.1) is 16.0 Å². The van der Waals surface area contributed by atoms with Gasteiger partial charge in [0, 0.05) is 24.9 Å². The lowest BCUT2D eigenvalue weighted by atomic mass is 10.0. The minimum atomic E-state index is -1.27. The standard InChI is InChI=1S/C27H36ClN5O9/c1-17(2)23(27(37)41-4)31-25(35)20(15-18-9-6-5-7-10-18)30-24(34)19(11-8-14-32(38)39)29-26(36)21-12-13-22(28)33(21)42-16-40-3/h5-7,9-10,12-13,17,19-20,23H,8,11,14-16H2,1-4H3,(H,29,36)(H,30,34)(H,31,35)/t19-,20-,23-/m0/s1. The third-order valence-corrected chi connectivity index (χ3v) is 6.39. The van der Waals surface area contributed by atoms with Crippen molar-refractivity contribution in [2.24, 2.45) is 5.92 Å². The van der Waals surface area contributed by atoms with Crippen molar-refractivity contribution in [2.75, 3.05) is 27.6 Å². The fraction of sp³-hybridized carbons (Fsp3) is 0.481. The summed E-state index contributed by atoms with van der Waals surface area (Å²) in [6.07, 6.45) is -0.0910. The number of esters is 1. The van der Waals surface area contributed by atoms with E-state index in [4.69, 9.17) is 25.9 Å². The summed E-state index contributed by atoms with van der Waals surface area (Å²) in [5.41, 5.74) is 0.661. The number of amides is 3. The molecule has 1 aromatic heterocycles. The Morgan fingerprint density at radius 2 is 1.64 bits per heavy atom. The minimum absolute atomic E-state index is 0.0410. The topological polar surface area (TPSA) is 180 Å². The molecule has 0 aliphatic rings. The molecule has 14 nitrogen and oxygen atoms in total. The van der Waals surface area contributed by atoms with Gasteiger partial charge < -0.3 is 30.3 Å². The second-order valence-corrected chi connectivity index (χ2v) is 9.99. The monoisotopic (exact) mass is 609 g/mol. The van der Waals surface area contributed by atoms with E-state index in [0.29, 0.717) is 5.56 Å². The van der Waals surface area contributed by atoms with Crippen molar-refractivity contribution in [1.82, 2.24) is 20.7 Å². The van der Waals surface area contributed by atoms with Crippen molar-refractivity contribution in [3.05, 3.63) is 69.0 Å². The Morgan fingerprint density at radius 3 is 2.24 bits per heavy atom. The Labute approximate surface area is 248 Å². The Kier molecular flexibility index (Phi) is 13.7. The van der Waals surface area contributed by atoms with Gasteiger partial charge in [-0.05, 0) is 30.0 Å². The lowest BCUT2D eigenvalue weighted by Gasteiger charge is -2.26. The first-order valence-corrected chi connectivity index (χ1v) is 13.5. The number of nitrogens with one attached hydrogen (secondary N) is 3. The van der Waals surface area contributed by atoms with Crippen LogP contribution in [-0.2, 0) is 30.3 Å². The van der Waals surface area contributed by atoms with Crippen molar-refractivity contribution in [3.63, 3.8) is 0 Å². The van der Waals surface area contributed by atoms with E-state index in [1.54, 1.807) is 44.2 Å². The Bertz CT molecular complexity index is 1220. The van der Waals surface area contributed by atoms with Crippen LogP contribution >= 0.6 is 11.6 Å². The van der Waals surface area contributed by atoms with Crippen molar-refractivity contribution in [3.8, 4) is 0 Å². The van der Waals surface area contributed by atoms with E-state index in [2.05, 4.69) is 16.0 Å². The summed E-state index contributed by atoms with van der Waals surface area (Å²) in [6.45, 7) is 2.79. The van der Waals surface area contributed by atoms with E-state index in [1.807, 2.05) is 0 Å². The van der Waals surface area contributed by atoms with Gasteiger partial charge in [-0.3, -0.25) is 24.5 Å². The maximum atomic E-state index is 13.5. The molecule has 0 aliphatic heterocycles. The number of rotatable bonds is 17. The molecule has 0 bridgehead atoms. The first-order chi connectivity index (χ1) is 20.0. The predicted molar refractivity (Wildman–Crippen MR) is 151 cm³/mol. The highest BCUT2D eigenvalue weighted by molar-refractivity contribution is 6.30. The zero-order valence-electron chi connectivity index (χ0n) is 23.8. The lowest BCUT2D eigenvalue weighted by Crippen LogP contribution is -2.57. The summed E-state index contributed by atoms with van der Waals surface area (Å²) in [5, 5.41) is 18.8. The average molecular weight is 610 g/mol. The summed E-state index contributed by atoms with van der Waals surface area (Å²) in [4.78, 5) is 68.0. The number of carbonyl (C=O) groups excluding carboxylic acids is 4. The van der Waals surface area contributed by atoms with E-state index in [-0.39, 0.29) is 42.8 Å². The normalized spacial score (nSPS) is 13.0. The molecule has 3 N–H and O–H groups in total. The van der Waals surface area contributed by atoms with Crippen LogP contribution in [0.3, 0.4) is 0 Å². The van der Waals surface area contributed by atoms with Crippen LogP contribution in [0.1, 0.15) is 42.7 Å². The molecule has 230 valence electrons. The van der Waals surface area contributed by atoms with Gasteiger partial charge in [0.05, 0.1) is 7.11 Å². The first-order valence-electron chi connectivity index (χ1n) is 13.1. The van der Waals surface area contributed by atoms with Gasteiger partial charge in [0.25, 0.3) is 5.91 Å². The summed E-state index contributed by atoms with van der Waals surface area (Å²) in [7, 11) is 2.58. The molecule has 42 heavy (non-hydrogen) atoms. The second-order valence-electron chi connectivity index (χ2n) is 9.60. The molecule has 0 radical (unpaired) electrons. The molecule has 2 rings (SSSR count). The number of halogens is 1. The molecule has 0 saturated carbocycles. The molecule has 1 aromatic carbocycles. The van der Waals surface area contributed by atoms with E-state index in [0.717, 1.165) is 4.73 Å². The van der Waals surface area contributed by atoms with Crippen LogP contribution in [0.25, 0.3) is 0 Å². The maximum absolute atomic E-state index is 13.5. The number of nitro groups is 1. The minimum Gasteiger partial charge on any atom is -0.467 e. The van der Waals surface area contributed by atoms with Gasteiger partial charge in [0.15, 0.2) is 0 Å². The predicted octanol–water partition coefficient (Wildman–Crippen LogP) is 1.37. The summed E-state index contributed by atoms with van der Waals surface area (Å²) in [5.74, 6) is -3.13. The van der Waals surface area contributed by atoms with Crippen LogP contribution in [0.5, 0.6) is 0 Å². The molecule has 15 heteroatoms. The zero-order chi connectivity index (χ0) is 31.2. The summed E-state index contributed by atoms with van der Waals surface area (Å²) < 4.78 is 10.7. The van der Waals surface area contributed by atoms with Gasteiger partial charge in [0.2, 0.25) is 25.2 Å². The van der Waals surface area contributed by atoms with Gasteiger partial charge in [0.1, 0.15) is 29.0 Å². The highest BCUT2D eigenvalue weighted by Crippen LogP contribution is 2.14. The molecule has 0 aliphatic carbocycles. The number of nitrogens with zero attached hydrogens (tertiary/aromatic N) is 2. The van der Waals surface area contributed by atoms with Crippen molar-refractivity contribution in [2.45, 2.75) is 51.2 Å². The number of hydrogen-bond donors (Lipinski definition) is 3. The molecule has 1 heterocycles. The van der Waals surface area contributed by atoms with E-state index in [9.17, 15) is 29.3 Å². The van der Waals surface area contributed by atoms with Crippen LogP contribution in [0.4, 0.5) is 0 Å². The SMILES string of the molecule is COCOn1c(Cl)ccc1C(=O)N[C@@H](CCC[N+](=O)[O-])C(=O)N[C@@H](Cc1ccccc1)C(=O)N[C@H](C(=O)OC)C(C)C. The fourth-order valence-corrected chi connectivity index (χ4v) is 4.14. The highest BCUT2D eigenvalue weighted by atomic mass is 35.5. The number of methoxy groups -OCH3 is 2. The van der Waals surface area contributed by atoms with Crippen LogP contribution in [0.15, 0.2) is 42.5 Å². The second kappa shape index (κ2) is 16.9. The van der Waals surface area contributed by atoms with Gasteiger partial charge in [-0.1, -0.05) is 55.8 Å². The lowest BCUT2D eigenvalue weighted by molar-refractivity contribution is -0.480. The van der Waals surface area contributed by atoms with Crippen LogP contribution < -0.4 is 20.8 Å². The Balaban J connectivity index is 2.32. The van der Waals surface area contributed by atoms with Gasteiger partial charge in [-0.25, -0.2) is 4.79 Å². The molecule has 3 amide bonds. The third kappa shape index (κ3) is 10.3. The largest absolute Gasteiger partial charge is 0.467 e. The number of carbonyl (C=O) groups is 4. The van der Waals surface area contributed by atoms with Gasteiger partial charge >= 0.3 is 5.97 Å². The zero-order valence-corrected chi connectivity index (χ0v) is 24.6. The van der Waals surface area contributed by atoms with Gasteiger partial charge in [-0.15, -0.1) is 0 Å². The van der Waals surface area contributed by atoms with E-state index >= 15 is 0 Å². The maximum Gasteiger partial charge on any atom is 0.328 e. The van der Waals surface area contributed by atoms with Crippen molar-refractivity contribution < 1.29 is 38.4 Å². The Morgan fingerprint density at radius 1 is 0.976 bits per heavy atom.